The molecule has 90 valence electrons. The summed E-state index contributed by atoms with van der Waals surface area (Å²) in [6, 6.07) is 7.25. The van der Waals surface area contributed by atoms with Crippen LogP contribution in [-0.2, 0) is 4.74 Å². The molecule has 2 rings (SSSR count). The Morgan fingerprint density at radius 3 is 2.88 bits per heavy atom. The average Bonchev–Trinajstić information content (AvgIpc) is 2.69. The van der Waals surface area contributed by atoms with Crippen molar-refractivity contribution in [3.05, 3.63) is 24.3 Å². The maximum Gasteiger partial charge on any atom is 0.515 e. The number of ether oxygens (including phenoxy) is 3. The van der Waals surface area contributed by atoms with Gasteiger partial charge in [-0.15, -0.1) is 0 Å². The molecule has 0 bridgehead atoms. The minimum atomic E-state index is -0.717. The molecular weight excluding hydrogens is 222 g/mol. The smallest absolute Gasteiger partial charge is 0.497 e. The number of benzene rings is 1. The van der Waals surface area contributed by atoms with Gasteiger partial charge in [0.25, 0.3) is 0 Å². The lowest BCUT2D eigenvalue weighted by atomic mass is 10.2. The van der Waals surface area contributed by atoms with Gasteiger partial charge >= 0.3 is 6.16 Å². The van der Waals surface area contributed by atoms with E-state index in [-0.39, 0.29) is 6.61 Å². The highest BCUT2D eigenvalue weighted by molar-refractivity contribution is 5.83. The summed E-state index contributed by atoms with van der Waals surface area (Å²) in [6.07, 6.45) is -0.717. The molecule has 0 aliphatic carbocycles. The van der Waals surface area contributed by atoms with Crippen molar-refractivity contribution in [2.45, 2.75) is 6.92 Å². The van der Waals surface area contributed by atoms with Crippen molar-refractivity contribution in [2.24, 2.45) is 0 Å². The van der Waals surface area contributed by atoms with Gasteiger partial charge in [-0.3, -0.25) is 0 Å². The molecule has 0 radical (unpaired) electrons. The SMILES string of the molecule is CCOC(=O)Oc1cc2cc(OC)ccc2[nH]1. The van der Waals surface area contributed by atoms with E-state index in [4.69, 9.17) is 9.47 Å². The first kappa shape index (κ1) is 11.3. The maximum atomic E-state index is 11.1. The molecule has 17 heavy (non-hydrogen) atoms. The van der Waals surface area contributed by atoms with Gasteiger partial charge in [0.1, 0.15) is 5.75 Å². The first-order valence-electron chi connectivity index (χ1n) is 5.24. The van der Waals surface area contributed by atoms with E-state index in [1.165, 1.54) is 0 Å². The van der Waals surface area contributed by atoms with Gasteiger partial charge in [-0.2, -0.15) is 0 Å². The van der Waals surface area contributed by atoms with Crippen molar-refractivity contribution in [3.8, 4) is 11.6 Å². The Labute approximate surface area is 98.3 Å². The van der Waals surface area contributed by atoms with Crippen LogP contribution in [0.3, 0.4) is 0 Å². The van der Waals surface area contributed by atoms with Gasteiger partial charge in [-0.1, -0.05) is 0 Å². The number of hydrogen-bond donors (Lipinski definition) is 1. The third-order valence-corrected chi connectivity index (χ3v) is 2.26. The topological polar surface area (TPSA) is 60.6 Å². The number of fused-ring (bicyclic) bond motifs is 1. The van der Waals surface area contributed by atoms with Gasteiger partial charge in [0.2, 0.25) is 5.88 Å². The fourth-order valence-corrected chi connectivity index (χ4v) is 1.50. The van der Waals surface area contributed by atoms with E-state index in [1.54, 1.807) is 20.1 Å². The number of carbonyl (C=O) groups is 1. The van der Waals surface area contributed by atoms with E-state index in [9.17, 15) is 4.79 Å². The molecule has 0 saturated carbocycles. The number of H-pyrrole nitrogens is 1. The van der Waals surface area contributed by atoms with Crippen LogP contribution in [0.5, 0.6) is 11.6 Å². The zero-order valence-corrected chi connectivity index (χ0v) is 9.65. The van der Waals surface area contributed by atoms with E-state index in [2.05, 4.69) is 9.72 Å². The molecule has 1 aromatic carbocycles. The molecule has 0 atom stereocenters. The average molecular weight is 235 g/mol. The zero-order valence-electron chi connectivity index (χ0n) is 9.65. The van der Waals surface area contributed by atoms with E-state index >= 15 is 0 Å². The molecule has 2 aromatic rings. The summed E-state index contributed by atoms with van der Waals surface area (Å²) >= 11 is 0. The van der Waals surface area contributed by atoms with E-state index in [0.29, 0.717) is 5.88 Å². The summed E-state index contributed by atoms with van der Waals surface area (Å²) in [4.78, 5) is 14.1. The molecule has 1 heterocycles. The second-order valence-electron chi connectivity index (χ2n) is 3.37. The van der Waals surface area contributed by atoms with Crippen molar-refractivity contribution in [1.82, 2.24) is 4.98 Å². The van der Waals surface area contributed by atoms with Crippen LogP contribution in [-0.4, -0.2) is 24.9 Å². The van der Waals surface area contributed by atoms with Crippen LogP contribution in [0.25, 0.3) is 10.9 Å². The van der Waals surface area contributed by atoms with Gasteiger partial charge < -0.3 is 19.2 Å². The number of methoxy groups -OCH3 is 1. The third kappa shape index (κ3) is 2.50. The predicted octanol–water partition coefficient (Wildman–Crippen LogP) is 2.71. The van der Waals surface area contributed by atoms with E-state index < -0.39 is 6.16 Å². The maximum absolute atomic E-state index is 11.1. The molecule has 0 saturated heterocycles. The summed E-state index contributed by atoms with van der Waals surface area (Å²) in [7, 11) is 1.60. The van der Waals surface area contributed by atoms with Crippen LogP contribution in [0.2, 0.25) is 0 Å². The van der Waals surface area contributed by atoms with Crippen molar-refractivity contribution in [2.75, 3.05) is 13.7 Å². The fourth-order valence-electron chi connectivity index (χ4n) is 1.50. The second kappa shape index (κ2) is 4.78. The molecule has 1 aromatic heterocycles. The highest BCUT2D eigenvalue weighted by atomic mass is 16.7. The summed E-state index contributed by atoms with van der Waals surface area (Å²) in [5.74, 6) is 1.10. The lowest BCUT2D eigenvalue weighted by Crippen LogP contribution is -2.09. The van der Waals surface area contributed by atoms with Gasteiger partial charge in [0.05, 0.1) is 13.7 Å². The van der Waals surface area contributed by atoms with Gasteiger partial charge in [0.15, 0.2) is 0 Å². The minimum Gasteiger partial charge on any atom is -0.497 e. The normalized spacial score (nSPS) is 10.2. The molecule has 0 aliphatic rings. The Kier molecular flexibility index (Phi) is 3.18. The lowest BCUT2D eigenvalue weighted by molar-refractivity contribution is 0.103. The van der Waals surface area contributed by atoms with Crippen molar-refractivity contribution < 1.29 is 19.0 Å². The second-order valence-corrected chi connectivity index (χ2v) is 3.37. The van der Waals surface area contributed by atoms with Crippen LogP contribution in [0.4, 0.5) is 4.79 Å². The number of nitrogens with one attached hydrogen (secondary N) is 1. The van der Waals surface area contributed by atoms with Gasteiger partial charge in [-0.05, 0) is 25.1 Å². The van der Waals surface area contributed by atoms with E-state index in [1.807, 2.05) is 18.2 Å². The summed E-state index contributed by atoms with van der Waals surface area (Å²) in [5, 5.41) is 0.906. The molecule has 5 nitrogen and oxygen atoms in total. The minimum absolute atomic E-state index is 0.285. The quantitative estimate of drug-likeness (QED) is 0.831. The Morgan fingerprint density at radius 1 is 1.35 bits per heavy atom. The highest BCUT2D eigenvalue weighted by Gasteiger charge is 2.08. The van der Waals surface area contributed by atoms with Crippen LogP contribution in [0.1, 0.15) is 6.92 Å². The van der Waals surface area contributed by atoms with Crippen LogP contribution < -0.4 is 9.47 Å². The monoisotopic (exact) mass is 235 g/mol. The Hall–Kier alpha value is -2.17. The van der Waals surface area contributed by atoms with Crippen molar-refractivity contribution in [3.63, 3.8) is 0 Å². The zero-order chi connectivity index (χ0) is 12.3. The molecule has 0 aliphatic heterocycles. The van der Waals surface area contributed by atoms with Crippen LogP contribution in [0, 0.1) is 0 Å². The fraction of sp³-hybridized carbons (Fsp3) is 0.250. The Morgan fingerprint density at radius 2 is 2.18 bits per heavy atom. The predicted molar refractivity (Wildman–Crippen MR) is 62.5 cm³/mol. The number of aromatic nitrogens is 1. The molecule has 0 spiro atoms. The molecule has 0 fully saturated rings. The Balaban J connectivity index is 2.22. The van der Waals surface area contributed by atoms with Crippen LogP contribution >= 0.6 is 0 Å². The van der Waals surface area contributed by atoms with Crippen molar-refractivity contribution in [1.29, 1.82) is 0 Å². The largest absolute Gasteiger partial charge is 0.515 e. The number of hydrogen-bond acceptors (Lipinski definition) is 4. The highest BCUT2D eigenvalue weighted by Crippen LogP contribution is 2.24. The molecule has 5 heteroatoms. The molecule has 0 amide bonds. The number of rotatable bonds is 3. The van der Waals surface area contributed by atoms with Gasteiger partial charge in [0, 0.05) is 17.0 Å². The summed E-state index contributed by atoms with van der Waals surface area (Å²) < 4.78 is 14.7. The first-order chi connectivity index (χ1) is 8.22. The standard InChI is InChI=1S/C12H13NO4/c1-3-16-12(14)17-11-7-8-6-9(15-2)4-5-10(8)13-11/h4-7,13H,3H2,1-2H3. The molecule has 0 unspecified atom stereocenters. The number of carbonyl (C=O) groups excluding carboxylic acids is 1. The first-order valence-corrected chi connectivity index (χ1v) is 5.24. The van der Waals surface area contributed by atoms with Crippen molar-refractivity contribution >= 4 is 17.1 Å². The molecule has 1 N–H and O–H groups in total. The van der Waals surface area contributed by atoms with Gasteiger partial charge in [-0.25, -0.2) is 4.79 Å². The summed E-state index contributed by atoms with van der Waals surface area (Å²) in [6.45, 7) is 2.00. The molecular formula is C12H13NO4. The summed E-state index contributed by atoms with van der Waals surface area (Å²) in [5.41, 5.74) is 0.866. The number of aromatic amines is 1. The van der Waals surface area contributed by atoms with E-state index in [0.717, 1.165) is 16.7 Å². The lowest BCUT2D eigenvalue weighted by Gasteiger charge is -1.99. The Bertz CT molecular complexity index is 532. The van der Waals surface area contributed by atoms with Crippen LogP contribution in [0.15, 0.2) is 24.3 Å². The third-order valence-electron chi connectivity index (χ3n) is 2.26.